The molecule has 0 fully saturated rings. The third kappa shape index (κ3) is 2.86. The van der Waals surface area contributed by atoms with Crippen molar-refractivity contribution in [2.24, 2.45) is 0 Å². The van der Waals surface area contributed by atoms with E-state index in [0.29, 0.717) is 22.6 Å². The monoisotopic (exact) mass is 301 g/mol. The summed E-state index contributed by atoms with van der Waals surface area (Å²) in [6.45, 7) is 0. The van der Waals surface area contributed by atoms with Gasteiger partial charge in [-0.2, -0.15) is 0 Å². The number of aromatic nitrogens is 1. The molecule has 2 heterocycles. The van der Waals surface area contributed by atoms with Crippen LogP contribution in [0.15, 0.2) is 52.3 Å². The summed E-state index contributed by atoms with van der Waals surface area (Å²) < 4.78 is 5.68. The van der Waals surface area contributed by atoms with E-state index in [2.05, 4.69) is 4.98 Å². The highest BCUT2D eigenvalue weighted by Gasteiger charge is 2.11. The number of oxazole rings is 1. The van der Waals surface area contributed by atoms with E-state index in [1.807, 2.05) is 17.5 Å². The first-order valence-corrected chi connectivity index (χ1v) is 7.05. The minimum absolute atomic E-state index is 0.535. The number of carboxylic acid groups (broad SMARTS) is 1. The molecular formula is C15H11NO4S. The van der Waals surface area contributed by atoms with Gasteiger partial charge in [-0.1, -0.05) is 12.1 Å². The second-order valence-electron chi connectivity index (χ2n) is 4.37. The fourth-order valence-electron chi connectivity index (χ4n) is 1.92. The Labute approximate surface area is 123 Å². The number of thiophene rings is 1. The molecule has 21 heavy (non-hydrogen) atoms. The molecule has 3 rings (SSSR count). The largest absolute Gasteiger partial charge is 0.478 e. The van der Waals surface area contributed by atoms with Crippen molar-refractivity contribution in [3.8, 4) is 10.8 Å². The van der Waals surface area contributed by atoms with Gasteiger partial charge in [0.15, 0.2) is 5.58 Å². The Bertz CT molecular complexity index is 804. The summed E-state index contributed by atoms with van der Waals surface area (Å²) in [4.78, 5) is 15.8. The predicted molar refractivity (Wildman–Crippen MR) is 79.1 cm³/mol. The molecule has 5 nitrogen and oxygen atoms in total. The van der Waals surface area contributed by atoms with Crippen molar-refractivity contribution >= 4 is 28.4 Å². The van der Waals surface area contributed by atoms with E-state index in [-0.39, 0.29) is 0 Å². The van der Waals surface area contributed by atoms with Crippen LogP contribution in [-0.4, -0.2) is 21.2 Å². The van der Waals surface area contributed by atoms with E-state index in [9.17, 15) is 9.90 Å². The Morgan fingerprint density at radius 3 is 2.95 bits per heavy atom. The number of nitrogens with zero attached hydrogens (tertiary/aromatic N) is 1. The lowest BCUT2D eigenvalue weighted by atomic mass is 10.1. The predicted octanol–water partition coefficient (Wildman–Crippen LogP) is 3.23. The zero-order chi connectivity index (χ0) is 14.8. The lowest BCUT2D eigenvalue weighted by Gasteiger charge is -2.04. The molecule has 0 amide bonds. The molecule has 3 aromatic rings. The molecule has 0 saturated carbocycles. The number of fused-ring (bicyclic) bond motifs is 1. The zero-order valence-electron chi connectivity index (χ0n) is 10.8. The summed E-state index contributed by atoms with van der Waals surface area (Å²) in [7, 11) is 0. The van der Waals surface area contributed by atoms with Crippen molar-refractivity contribution in [2.45, 2.75) is 6.10 Å². The van der Waals surface area contributed by atoms with Crippen LogP contribution in [0.25, 0.3) is 21.9 Å². The third-order valence-electron chi connectivity index (χ3n) is 2.91. The van der Waals surface area contributed by atoms with Crippen LogP contribution in [0.1, 0.15) is 11.7 Å². The summed E-state index contributed by atoms with van der Waals surface area (Å²) in [5.74, 6) is -0.567. The Hall–Kier alpha value is -2.44. The molecule has 0 aliphatic heterocycles. The molecule has 0 radical (unpaired) electrons. The van der Waals surface area contributed by atoms with E-state index in [1.54, 1.807) is 18.2 Å². The number of rotatable bonds is 4. The molecule has 0 aliphatic carbocycles. The van der Waals surface area contributed by atoms with E-state index in [0.717, 1.165) is 11.0 Å². The molecule has 1 atom stereocenters. The van der Waals surface area contributed by atoms with Crippen LogP contribution < -0.4 is 0 Å². The molecule has 0 spiro atoms. The van der Waals surface area contributed by atoms with Crippen LogP contribution in [0.4, 0.5) is 0 Å². The van der Waals surface area contributed by atoms with Crippen molar-refractivity contribution in [3.05, 3.63) is 53.4 Å². The number of aliphatic hydroxyl groups is 1. The Balaban J connectivity index is 1.95. The summed E-state index contributed by atoms with van der Waals surface area (Å²) in [6.07, 6.45) is 1.12. The van der Waals surface area contributed by atoms with Gasteiger partial charge in [-0.15, -0.1) is 11.3 Å². The maximum absolute atomic E-state index is 10.5. The average molecular weight is 301 g/mol. The number of hydrogen-bond donors (Lipinski definition) is 2. The molecule has 0 bridgehead atoms. The van der Waals surface area contributed by atoms with Crippen molar-refractivity contribution in [3.63, 3.8) is 0 Å². The minimum atomic E-state index is -1.10. The molecule has 106 valence electrons. The maximum atomic E-state index is 10.5. The van der Waals surface area contributed by atoms with Gasteiger partial charge < -0.3 is 14.6 Å². The molecular weight excluding hydrogens is 290 g/mol. The molecule has 2 aromatic heterocycles. The van der Waals surface area contributed by atoms with E-state index < -0.39 is 12.1 Å². The standard InChI is InChI=1S/C15H11NO4S/c17-11(5-6-14(18)19)9-3-4-10-12(8-9)20-15(16-10)13-2-1-7-21-13/h1-8,11,17H,(H,18,19). The third-order valence-corrected chi connectivity index (χ3v) is 3.76. The summed E-state index contributed by atoms with van der Waals surface area (Å²) in [6, 6.07) is 8.93. The first-order chi connectivity index (χ1) is 10.1. The first-order valence-electron chi connectivity index (χ1n) is 6.17. The normalized spacial score (nSPS) is 13.0. The van der Waals surface area contributed by atoms with Crippen molar-refractivity contribution in [1.29, 1.82) is 0 Å². The Kier molecular flexibility index (Phi) is 3.55. The van der Waals surface area contributed by atoms with Gasteiger partial charge in [0.2, 0.25) is 5.89 Å². The number of benzene rings is 1. The van der Waals surface area contributed by atoms with Crippen LogP contribution in [0.2, 0.25) is 0 Å². The van der Waals surface area contributed by atoms with E-state index in [4.69, 9.17) is 9.52 Å². The number of aliphatic hydroxyl groups excluding tert-OH is 1. The molecule has 1 unspecified atom stereocenters. The summed E-state index contributed by atoms with van der Waals surface area (Å²) >= 11 is 1.53. The van der Waals surface area contributed by atoms with E-state index in [1.165, 1.54) is 17.4 Å². The Morgan fingerprint density at radius 2 is 2.24 bits per heavy atom. The number of carbonyl (C=O) groups is 1. The van der Waals surface area contributed by atoms with Gasteiger partial charge in [-0.3, -0.25) is 0 Å². The van der Waals surface area contributed by atoms with Crippen molar-refractivity contribution in [1.82, 2.24) is 4.98 Å². The zero-order valence-corrected chi connectivity index (χ0v) is 11.6. The Morgan fingerprint density at radius 1 is 1.38 bits per heavy atom. The van der Waals surface area contributed by atoms with Crippen molar-refractivity contribution in [2.75, 3.05) is 0 Å². The van der Waals surface area contributed by atoms with Gasteiger partial charge in [0.05, 0.1) is 11.0 Å². The molecule has 0 aliphatic rings. The molecule has 2 N–H and O–H groups in total. The lowest BCUT2D eigenvalue weighted by molar-refractivity contribution is -0.131. The number of hydrogen-bond acceptors (Lipinski definition) is 5. The fourth-order valence-corrected chi connectivity index (χ4v) is 2.56. The molecule has 1 aromatic carbocycles. The van der Waals surface area contributed by atoms with Crippen LogP contribution in [0, 0.1) is 0 Å². The highest BCUT2D eigenvalue weighted by atomic mass is 32.1. The van der Waals surface area contributed by atoms with Gasteiger partial charge in [0.25, 0.3) is 0 Å². The van der Waals surface area contributed by atoms with E-state index >= 15 is 0 Å². The van der Waals surface area contributed by atoms with Gasteiger partial charge in [0, 0.05) is 6.08 Å². The molecule has 6 heteroatoms. The number of carboxylic acids is 1. The SMILES string of the molecule is O=C(O)C=CC(O)c1ccc2nc(-c3cccs3)oc2c1. The van der Waals surface area contributed by atoms with Gasteiger partial charge >= 0.3 is 5.97 Å². The quantitative estimate of drug-likeness (QED) is 0.723. The van der Waals surface area contributed by atoms with Crippen LogP contribution in [0.3, 0.4) is 0 Å². The smallest absolute Gasteiger partial charge is 0.328 e. The van der Waals surface area contributed by atoms with Crippen LogP contribution in [-0.2, 0) is 4.79 Å². The second kappa shape index (κ2) is 5.51. The summed E-state index contributed by atoms with van der Waals surface area (Å²) in [5.41, 5.74) is 1.80. The van der Waals surface area contributed by atoms with Crippen molar-refractivity contribution < 1.29 is 19.4 Å². The van der Waals surface area contributed by atoms with Gasteiger partial charge in [-0.05, 0) is 35.2 Å². The fraction of sp³-hybridized carbons (Fsp3) is 0.0667. The first kappa shape index (κ1) is 13.5. The topological polar surface area (TPSA) is 83.6 Å². The lowest BCUT2D eigenvalue weighted by Crippen LogP contribution is -1.95. The average Bonchev–Trinajstić information content (AvgIpc) is 3.11. The van der Waals surface area contributed by atoms with Gasteiger partial charge in [0.1, 0.15) is 5.52 Å². The summed E-state index contributed by atoms with van der Waals surface area (Å²) in [5, 5.41) is 20.4. The number of aliphatic carboxylic acids is 1. The second-order valence-corrected chi connectivity index (χ2v) is 5.31. The maximum Gasteiger partial charge on any atom is 0.328 e. The molecule has 0 saturated heterocycles. The minimum Gasteiger partial charge on any atom is -0.478 e. The highest BCUT2D eigenvalue weighted by molar-refractivity contribution is 7.13. The van der Waals surface area contributed by atoms with Crippen LogP contribution >= 0.6 is 11.3 Å². The highest BCUT2D eigenvalue weighted by Crippen LogP contribution is 2.29. The van der Waals surface area contributed by atoms with Crippen LogP contribution in [0.5, 0.6) is 0 Å². The van der Waals surface area contributed by atoms with Gasteiger partial charge in [-0.25, -0.2) is 9.78 Å².